The summed E-state index contributed by atoms with van der Waals surface area (Å²) in [5.74, 6) is 0.762. The summed E-state index contributed by atoms with van der Waals surface area (Å²) in [7, 11) is 1.86. The number of nitrogens with zero attached hydrogens (tertiary/aromatic N) is 4. The molecule has 0 aromatic carbocycles. The molecule has 1 aromatic heterocycles. The Balaban J connectivity index is 2.16. The molecule has 0 saturated carbocycles. The highest BCUT2D eigenvalue weighted by Gasteiger charge is 2.09. The molecule has 0 aliphatic rings. The third-order valence-corrected chi connectivity index (χ3v) is 3.34. The van der Waals surface area contributed by atoms with Gasteiger partial charge in [0.1, 0.15) is 0 Å². The van der Waals surface area contributed by atoms with E-state index in [1.54, 1.807) is 16.4 Å². The summed E-state index contributed by atoms with van der Waals surface area (Å²) in [5, 5.41) is 16.2. The fraction of sp³-hybridized carbons (Fsp3) is 0.900. The quantitative estimate of drug-likeness (QED) is 0.578. The third kappa shape index (κ3) is 4.94. The maximum Gasteiger partial charge on any atom is 0.209 e. The summed E-state index contributed by atoms with van der Waals surface area (Å²) in [5.41, 5.74) is 0. The second kappa shape index (κ2) is 6.85. The predicted octanol–water partition coefficient (Wildman–Crippen LogP) is 1.33. The zero-order valence-electron chi connectivity index (χ0n) is 10.5. The van der Waals surface area contributed by atoms with Gasteiger partial charge < -0.3 is 5.32 Å². The number of thioether (sulfide) groups is 1. The van der Waals surface area contributed by atoms with Crippen molar-refractivity contribution in [1.29, 1.82) is 0 Å². The molecule has 0 radical (unpaired) electrons. The Bertz CT molecular complexity index is 299. The molecular weight excluding hydrogens is 222 g/mol. The molecule has 92 valence electrons. The van der Waals surface area contributed by atoms with Gasteiger partial charge in [-0.15, -0.1) is 5.10 Å². The Hall–Kier alpha value is -0.620. The molecular formula is C10H21N5S. The molecule has 6 heteroatoms. The summed E-state index contributed by atoms with van der Waals surface area (Å²) in [6.45, 7) is 8.74. The molecule has 0 spiro atoms. The van der Waals surface area contributed by atoms with Gasteiger partial charge in [-0.1, -0.05) is 32.5 Å². The summed E-state index contributed by atoms with van der Waals surface area (Å²) >= 11 is 1.70. The summed E-state index contributed by atoms with van der Waals surface area (Å²) in [6, 6.07) is 0. The summed E-state index contributed by atoms with van der Waals surface area (Å²) < 4.78 is 1.70. The number of hydrogen-bond acceptors (Lipinski definition) is 5. The van der Waals surface area contributed by atoms with Gasteiger partial charge in [-0.2, -0.15) is 0 Å². The highest BCUT2D eigenvalue weighted by Crippen LogP contribution is 2.18. The van der Waals surface area contributed by atoms with E-state index in [0.29, 0.717) is 5.25 Å². The van der Waals surface area contributed by atoms with Crippen molar-refractivity contribution in [3.8, 4) is 0 Å². The van der Waals surface area contributed by atoms with Crippen LogP contribution in [0.1, 0.15) is 27.2 Å². The van der Waals surface area contributed by atoms with Gasteiger partial charge in [0, 0.05) is 18.8 Å². The minimum atomic E-state index is 0.483. The van der Waals surface area contributed by atoms with E-state index in [4.69, 9.17) is 0 Å². The van der Waals surface area contributed by atoms with Crippen LogP contribution < -0.4 is 5.32 Å². The lowest BCUT2D eigenvalue weighted by atomic mass is 10.1. The number of nitrogens with one attached hydrogen (secondary N) is 1. The number of aromatic nitrogens is 4. The zero-order chi connectivity index (χ0) is 12.0. The van der Waals surface area contributed by atoms with Crippen LogP contribution in [0.5, 0.6) is 0 Å². The van der Waals surface area contributed by atoms with E-state index in [2.05, 4.69) is 41.6 Å². The minimum absolute atomic E-state index is 0.483. The fourth-order valence-corrected chi connectivity index (χ4v) is 2.07. The van der Waals surface area contributed by atoms with Gasteiger partial charge in [0.25, 0.3) is 0 Å². The fourth-order valence-electron chi connectivity index (χ4n) is 1.24. The van der Waals surface area contributed by atoms with Crippen molar-refractivity contribution in [2.75, 3.05) is 13.1 Å². The van der Waals surface area contributed by atoms with Crippen LogP contribution >= 0.6 is 11.8 Å². The highest BCUT2D eigenvalue weighted by atomic mass is 32.2. The van der Waals surface area contributed by atoms with E-state index in [1.807, 2.05) is 7.05 Å². The summed E-state index contributed by atoms with van der Waals surface area (Å²) in [4.78, 5) is 0. The first kappa shape index (κ1) is 13.4. The largest absolute Gasteiger partial charge is 0.316 e. The number of aryl methyl sites for hydroxylation is 1. The van der Waals surface area contributed by atoms with Gasteiger partial charge >= 0.3 is 0 Å². The zero-order valence-corrected chi connectivity index (χ0v) is 11.3. The van der Waals surface area contributed by atoms with Crippen molar-refractivity contribution in [3.05, 3.63) is 0 Å². The maximum atomic E-state index is 3.95. The lowest BCUT2D eigenvalue weighted by Crippen LogP contribution is -2.24. The van der Waals surface area contributed by atoms with Crippen LogP contribution in [0, 0.1) is 5.92 Å². The smallest absolute Gasteiger partial charge is 0.209 e. The van der Waals surface area contributed by atoms with E-state index in [0.717, 1.165) is 24.2 Å². The van der Waals surface area contributed by atoms with E-state index in [1.165, 1.54) is 6.42 Å². The second-order valence-electron chi connectivity index (χ2n) is 4.40. The van der Waals surface area contributed by atoms with Gasteiger partial charge in [0.05, 0.1) is 0 Å². The van der Waals surface area contributed by atoms with Crippen molar-refractivity contribution in [3.63, 3.8) is 0 Å². The minimum Gasteiger partial charge on any atom is -0.316 e. The Kier molecular flexibility index (Phi) is 5.76. The van der Waals surface area contributed by atoms with Gasteiger partial charge in [-0.05, 0) is 29.3 Å². The monoisotopic (exact) mass is 243 g/mol. The van der Waals surface area contributed by atoms with Crippen LogP contribution in [0.25, 0.3) is 0 Å². The molecule has 0 amide bonds. The number of rotatable bonds is 7. The van der Waals surface area contributed by atoms with Crippen molar-refractivity contribution in [2.24, 2.45) is 13.0 Å². The Morgan fingerprint density at radius 2 is 2.12 bits per heavy atom. The molecule has 5 nitrogen and oxygen atoms in total. The van der Waals surface area contributed by atoms with Gasteiger partial charge in [0.2, 0.25) is 5.16 Å². The third-order valence-electron chi connectivity index (χ3n) is 2.22. The van der Waals surface area contributed by atoms with E-state index in [-0.39, 0.29) is 0 Å². The van der Waals surface area contributed by atoms with Crippen molar-refractivity contribution in [2.45, 2.75) is 37.6 Å². The first-order valence-corrected chi connectivity index (χ1v) is 6.57. The average Bonchev–Trinajstić information content (AvgIpc) is 2.59. The van der Waals surface area contributed by atoms with Crippen molar-refractivity contribution in [1.82, 2.24) is 25.5 Å². The van der Waals surface area contributed by atoms with Crippen molar-refractivity contribution < 1.29 is 0 Å². The molecule has 0 aliphatic carbocycles. The molecule has 0 aliphatic heterocycles. The average molecular weight is 243 g/mol. The van der Waals surface area contributed by atoms with Crippen molar-refractivity contribution >= 4 is 11.8 Å². The Morgan fingerprint density at radius 1 is 1.38 bits per heavy atom. The Morgan fingerprint density at radius 3 is 2.69 bits per heavy atom. The maximum absolute atomic E-state index is 3.95. The molecule has 1 N–H and O–H groups in total. The van der Waals surface area contributed by atoms with Crippen LogP contribution in [0.2, 0.25) is 0 Å². The van der Waals surface area contributed by atoms with E-state index in [9.17, 15) is 0 Å². The van der Waals surface area contributed by atoms with Gasteiger partial charge in [-0.3, -0.25) is 0 Å². The predicted molar refractivity (Wildman–Crippen MR) is 66.4 cm³/mol. The molecule has 0 saturated heterocycles. The Labute approximate surface area is 101 Å². The SMILES string of the molecule is CC(C)CCNCC(C)Sc1nnnn1C. The molecule has 1 heterocycles. The standard InChI is InChI=1S/C10H21N5S/c1-8(2)5-6-11-7-9(3)16-10-12-13-14-15(10)4/h8-9,11H,5-7H2,1-4H3. The van der Waals surface area contributed by atoms with Gasteiger partial charge in [0.15, 0.2) is 0 Å². The second-order valence-corrected chi connectivity index (χ2v) is 5.81. The van der Waals surface area contributed by atoms with E-state index >= 15 is 0 Å². The molecule has 16 heavy (non-hydrogen) atoms. The summed E-state index contributed by atoms with van der Waals surface area (Å²) in [6.07, 6.45) is 1.23. The number of hydrogen-bond donors (Lipinski definition) is 1. The normalized spacial score (nSPS) is 13.3. The van der Waals surface area contributed by atoms with Crippen LogP contribution in [0.15, 0.2) is 5.16 Å². The van der Waals surface area contributed by atoms with Crippen LogP contribution in [0.3, 0.4) is 0 Å². The molecule has 1 unspecified atom stereocenters. The topological polar surface area (TPSA) is 55.6 Å². The molecule has 1 aromatic rings. The lowest BCUT2D eigenvalue weighted by molar-refractivity contribution is 0.538. The van der Waals surface area contributed by atoms with Gasteiger partial charge in [-0.25, -0.2) is 4.68 Å². The molecule has 0 bridgehead atoms. The first-order valence-electron chi connectivity index (χ1n) is 5.69. The first-order chi connectivity index (χ1) is 7.59. The highest BCUT2D eigenvalue weighted by molar-refractivity contribution is 7.99. The van der Waals surface area contributed by atoms with Crippen LogP contribution in [-0.2, 0) is 7.05 Å². The number of tetrazole rings is 1. The van der Waals surface area contributed by atoms with Crippen LogP contribution in [-0.4, -0.2) is 38.5 Å². The lowest BCUT2D eigenvalue weighted by Gasteiger charge is -2.11. The van der Waals surface area contributed by atoms with E-state index < -0.39 is 0 Å². The molecule has 1 atom stereocenters. The molecule has 0 fully saturated rings. The molecule has 1 rings (SSSR count). The van der Waals surface area contributed by atoms with Crippen LogP contribution in [0.4, 0.5) is 0 Å².